The number of nitrogens with zero attached hydrogens (tertiary/aromatic N) is 1. The average molecular weight is 348 g/mol. The van der Waals surface area contributed by atoms with Crippen LogP contribution in [0.2, 0.25) is 5.02 Å². The van der Waals surface area contributed by atoms with E-state index in [0.717, 1.165) is 0 Å². The Bertz CT molecular complexity index is 704. The first-order valence-corrected chi connectivity index (χ1v) is 7.49. The third-order valence-electron chi connectivity index (χ3n) is 2.26. The Hall–Kier alpha value is -1.11. The number of hydrogen-bond acceptors (Lipinski definition) is 4. The summed E-state index contributed by atoms with van der Waals surface area (Å²) < 4.78 is 25.3. The minimum absolute atomic E-state index is 0.0123. The monoisotopic (exact) mass is 346 g/mol. The smallest absolute Gasteiger partial charge is 0.211 e. The van der Waals surface area contributed by atoms with Crippen LogP contribution in [0.1, 0.15) is 0 Å². The molecule has 18 heavy (non-hydrogen) atoms. The van der Waals surface area contributed by atoms with Gasteiger partial charge in [-0.05, 0) is 34.1 Å². The number of nitrogens with two attached hydrogens (primary N) is 1. The van der Waals surface area contributed by atoms with Gasteiger partial charge in [-0.2, -0.15) is 0 Å². The largest absolute Gasteiger partial charge is 0.383 e. The second kappa shape index (κ2) is 4.87. The summed E-state index contributed by atoms with van der Waals surface area (Å²) in [5, 5.41) is 0.150. The van der Waals surface area contributed by atoms with Gasteiger partial charge in [0.1, 0.15) is 10.7 Å². The van der Waals surface area contributed by atoms with Crippen molar-refractivity contribution in [1.29, 1.82) is 0 Å². The Kier molecular flexibility index (Phi) is 3.61. The lowest BCUT2D eigenvalue weighted by Gasteiger charge is -2.08. The molecule has 0 radical (unpaired) electrons. The number of pyridine rings is 1. The first-order valence-electron chi connectivity index (χ1n) is 4.83. The Balaban J connectivity index is 2.70. The molecule has 1 aromatic heterocycles. The molecule has 2 aromatic rings. The summed E-state index contributed by atoms with van der Waals surface area (Å²) in [6, 6.07) is 7.60. The van der Waals surface area contributed by atoms with Gasteiger partial charge in [0, 0.05) is 10.7 Å². The molecule has 2 rings (SSSR count). The van der Waals surface area contributed by atoms with Gasteiger partial charge in [0.2, 0.25) is 9.84 Å². The van der Waals surface area contributed by atoms with E-state index in [0.29, 0.717) is 4.47 Å². The van der Waals surface area contributed by atoms with Gasteiger partial charge in [-0.25, -0.2) is 13.4 Å². The number of rotatable bonds is 2. The van der Waals surface area contributed by atoms with Crippen molar-refractivity contribution in [3.05, 3.63) is 46.0 Å². The normalized spacial score (nSPS) is 11.4. The molecule has 0 fully saturated rings. The summed E-state index contributed by atoms with van der Waals surface area (Å²) in [7, 11) is -3.77. The van der Waals surface area contributed by atoms with Gasteiger partial charge in [0.15, 0.2) is 0 Å². The lowest BCUT2D eigenvalue weighted by Crippen LogP contribution is -2.07. The van der Waals surface area contributed by atoms with Gasteiger partial charge in [0.25, 0.3) is 0 Å². The summed E-state index contributed by atoms with van der Waals surface area (Å²) in [4.78, 5) is 3.76. The van der Waals surface area contributed by atoms with Crippen molar-refractivity contribution >= 4 is 43.2 Å². The minimum atomic E-state index is -3.77. The van der Waals surface area contributed by atoms with Crippen LogP contribution in [0.25, 0.3) is 0 Å². The van der Waals surface area contributed by atoms with Gasteiger partial charge in [-0.3, -0.25) is 0 Å². The molecule has 0 aliphatic rings. The number of halogens is 2. The van der Waals surface area contributed by atoms with Gasteiger partial charge in [-0.15, -0.1) is 0 Å². The summed E-state index contributed by atoms with van der Waals surface area (Å²) in [5.74, 6) is -0.0573. The maximum atomic E-state index is 12.4. The molecule has 0 saturated heterocycles. The topological polar surface area (TPSA) is 73.0 Å². The van der Waals surface area contributed by atoms with E-state index in [1.165, 1.54) is 24.4 Å². The van der Waals surface area contributed by atoms with Crippen molar-refractivity contribution in [2.24, 2.45) is 0 Å². The highest BCUT2D eigenvalue weighted by atomic mass is 79.9. The fourth-order valence-electron chi connectivity index (χ4n) is 1.43. The number of benzene rings is 1. The molecule has 0 atom stereocenters. The molecular weight excluding hydrogens is 340 g/mol. The number of sulfone groups is 1. The molecule has 0 aliphatic carbocycles. The van der Waals surface area contributed by atoms with Gasteiger partial charge in [0.05, 0.1) is 9.92 Å². The minimum Gasteiger partial charge on any atom is -0.383 e. The van der Waals surface area contributed by atoms with E-state index in [9.17, 15) is 8.42 Å². The molecule has 0 aliphatic heterocycles. The van der Waals surface area contributed by atoms with E-state index in [1.807, 2.05) is 0 Å². The van der Waals surface area contributed by atoms with Crippen molar-refractivity contribution in [3.8, 4) is 0 Å². The van der Waals surface area contributed by atoms with E-state index < -0.39 is 9.84 Å². The Morgan fingerprint density at radius 2 is 1.89 bits per heavy atom. The number of anilines is 1. The van der Waals surface area contributed by atoms with Crippen molar-refractivity contribution in [2.45, 2.75) is 9.79 Å². The summed E-state index contributed by atoms with van der Waals surface area (Å²) in [6.45, 7) is 0. The van der Waals surface area contributed by atoms with Crippen LogP contribution in [0, 0.1) is 0 Å². The summed E-state index contributed by atoms with van der Waals surface area (Å²) >= 11 is 9.06. The Labute approximate surface area is 118 Å². The second-order valence-electron chi connectivity index (χ2n) is 3.47. The maximum absolute atomic E-state index is 12.4. The number of nitrogen functional groups attached to an aromatic ring is 1. The molecule has 0 bridgehead atoms. The molecular formula is C11H8BrClN2O2S. The van der Waals surface area contributed by atoms with E-state index in [4.69, 9.17) is 17.3 Å². The van der Waals surface area contributed by atoms with Crippen LogP contribution >= 0.6 is 27.5 Å². The highest BCUT2D eigenvalue weighted by Gasteiger charge is 2.23. The molecule has 1 aromatic carbocycles. The lowest BCUT2D eigenvalue weighted by molar-refractivity contribution is 0.596. The molecule has 7 heteroatoms. The standard InChI is InChI=1S/C11H8BrClN2O2S/c12-7-5-10(11(14)15-6-7)18(16,17)9-4-2-1-3-8(9)13/h1-6H,(H2,14,15). The molecule has 0 spiro atoms. The highest BCUT2D eigenvalue weighted by Crippen LogP contribution is 2.30. The quantitative estimate of drug-likeness (QED) is 0.906. The second-order valence-corrected chi connectivity index (χ2v) is 6.68. The van der Waals surface area contributed by atoms with Crippen molar-refractivity contribution in [1.82, 2.24) is 4.98 Å². The van der Waals surface area contributed by atoms with Crippen LogP contribution in [0.15, 0.2) is 50.8 Å². The molecule has 94 valence electrons. The van der Waals surface area contributed by atoms with Crippen molar-refractivity contribution in [3.63, 3.8) is 0 Å². The zero-order chi connectivity index (χ0) is 13.3. The van der Waals surface area contributed by atoms with Gasteiger partial charge in [-0.1, -0.05) is 23.7 Å². The van der Waals surface area contributed by atoms with E-state index in [1.54, 1.807) is 12.1 Å². The fourth-order valence-corrected chi connectivity index (χ4v) is 3.78. The third-order valence-corrected chi connectivity index (χ3v) is 4.98. The molecule has 0 saturated carbocycles. The van der Waals surface area contributed by atoms with Crippen LogP contribution in [-0.4, -0.2) is 13.4 Å². The molecule has 0 unspecified atom stereocenters. The Morgan fingerprint density at radius 3 is 2.56 bits per heavy atom. The van der Waals surface area contributed by atoms with E-state index in [2.05, 4.69) is 20.9 Å². The van der Waals surface area contributed by atoms with Crippen LogP contribution in [-0.2, 0) is 9.84 Å². The zero-order valence-corrected chi connectivity index (χ0v) is 12.1. The number of hydrogen-bond donors (Lipinski definition) is 1. The predicted octanol–water partition coefficient (Wildman–Crippen LogP) is 2.91. The average Bonchev–Trinajstić information content (AvgIpc) is 2.32. The van der Waals surface area contributed by atoms with Gasteiger partial charge < -0.3 is 5.73 Å². The summed E-state index contributed by atoms with van der Waals surface area (Å²) in [5.41, 5.74) is 5.61. The molecule has 4 nitrogen and oxygen atoms in total. The molecule has 1 heterocycles. The predicted molar refractivity (Wildman–Crippen MR) is 73.3 cm³/mol. The molecule has 0 amide bonds. The SMILES string of the molecule is Nc1ncc(Br)cc1S(=O)(=O)c1ccccc1Cl. The van der Waals surface area contributed by atoms with E-state index >= 15 is 0 Å². The van der Waals surface area contributed by atoms with Crippen molar-refractivity contribution < 1.29 is 8.42 Å². The lowest BCUT2D eigenvalue weighted by atomic mass is 10.4. The highest BCUT2D eigenvalue weighted by molar-refractivity contribution is 9.10. The first-order chi connectivity index (χ1) is 8.43. The zero-order valence-electron chi connectivity index (χ0n) is 8.97. The summed E-state index contributed by atoms with van der Waals surface area (Å²) in [6.07, 6.45) is 1.43. The van der Waals surface area contributed by atoms with Crippen LogP contribution in [0.4, 0.5) is 5.82 Å². The Morgan fingerprint density at radius 1 is 1.22 bits per heavy atom. The van der Waals surface area contributed by atoms with Crippen LogP contribution in [0.5, 0.6) is 0 Å². The first kappa shape index (κ1) is 13.3. The molecule has 2 N–H and O–H groups in total. The van der Waals surface area contributed by atoms with E-state index in [-0.39, 0.29) is 20.6 Å². The van der Waals surface area contributed by atoms with Crippen molar-refractivity contribution in [2.75, 3.05) is 5.73 Å². The van der Waals surface area contributed by atoms with Gasteiger partial charge >= 0.3 is 0 Å². The third kappa shape index (κ3) is 2.36. The fraction of sp³-hybridized carbons (Fsp3) is 0. The van der Waals surface area contributed by atoms with Crippen LogP contribution < -0.4 is 5.73 Å². The van der Waals surface area contributed by atoms with Crippen LogP contribution in [0.3, 0.4) is 0 Å². The maximum Gasteiger partial charge on any atom is 0.211 e. The number of aromatic nitrogens is 1.